The molecule has 1 aromatic rings. The molecule has 8 heteroatoms. The number of anilines is 1. The Kier molecular flexibility index (Phi) is 11.6. The lowest BCUT2D eigenvalue weighted by Crippen LogP contribution is -2.53. The van der Waals surface area contributed by atoms with Crippen LogP contribution in [0.15, 0.2) is 24.3 Å². The number of hydrogen-bond donors (Lipinski definition) is 2. The maximum Gasteiger partial charge on any atom is 0.321 e. The Morgan fingerprint density at radius 1 is 1.14 bits per heavy atom. The second kappa shape index (κ2) is 13.1. The third-order valence-electron chi connectivity index (χ3n) is 5.27. The molecule has 3 rings (SSSR count). The van der Waals surface area contributed by atoms with E-state index in [0.29, 0.717) is 6.04 Å². The van der Waals surface area contributed by atoms with Gasteiger partial charge >= 0.3 is 6.03 Å². The Bertz CT molecular complexity index is 560. The molecule has 0 spiro atoms. The van der Waals surface area contributed by atoms with Gasteiger partial charge in [0.2, 0.25) is 0 Å². The van der Waals surface area contributed by atoms with Gasteiger partial charge in [-0.15, -0.1) is 24.8 Å². The van der Waals surface area contributed by atoms with Crippen LogP contribution in [-0.2, 0) is 0 Å². The first-order chi connectivity index (χ1) is 12.8. The fourth-order valence-corrected chi connectivity index (χ4v) is 3.62. The van der Waals surface area contributed by atoms with Crippen LogP contribution >= 0.6 is 24.8 Å². The molecule has 160 valence electrons. The molecule has 1 atom stereocenters. The van der Waals surface area contributed by atoms with Crippen molar-refractivity contribution in [1.29, 1.82) is 0 Å². The van der Waals surface area contributed by atoms with Gasteiger partial charge in [0.15, 0.2) is 0 Å². The van der Waals surface area contributed by atoms with Crippen LogP contribution in [-0.4, -0.2) is 67.7 Å². The summed E-state index contributed by atoms with van der Waals surface area (Å²) < 4.78 is 5.71. The molecule has 6 nitrogen and oxygen atoms in total. The summed E-state index contributed by atoms with van der Waals surface area (Å²) in [5.74, 6) is 0.859. The summed E-state index contributed by atoms with van der Waals surface area (Å²) in [5.41, 5.74) is 0.818. The third kappa shape index (κ3) is 7.32. The number of nitrogens with one attached hydrogen (secondary N) is 2. The normalized spacial score (nSPS) is 19.5. The smallest absolute Gasteiger partial charge is 0.321 e. The Morgan fingerprint density at radius 2 is 1.86 bits per heavy atom. The standard InChI is InChI=1S/C20H32N4O2.2ClH/c1-2-3-4-15-26-19-7-5-17(6-8-19)22-20(25)24-13-11-23(12-14-24)18-9-10-21-16-18;;/h5-8,18,21H,2-4,9-16H2,1H3,(H,22,25);2*1H. The van der Waals surface area contributed by atoms with Gasteiger partial charge in [-0.3, -0.25) is 4.90 Å². The molecule has 2 aliphatic rings. The van der Waals surface area contributed by atoms with Crippen LogP contribution in [0.4, 0.5) is 10.5 Å². The maximum absolute atomic E-state index is 12.5. The number of hydrogen-bond acceptors (Lipinski definition) is 4. The minimum Gasteiger partial charge on any atom is -0.494 e. The Hall–Kier alpha value is -1.21. The lowest BCUT2D eigenvalue weighted by atomic mass is 10.2. The van der Waals surface area contributed by atoms with E-state index in [0.717, 1.165) is 63.7 Å². The van der Waals surface area contributed by atoms with E-state index in [1.165, 1.54) is 19.3 Å². The van der Waals surface area contributed by atoms with Crippen molar-refractivity contribution in [2.24, 2.45) is 0 Å². The Morgan fingerprint density at radius 3 is 2.46 bits per heavy atom. The van der Waals surface area contributed by atoms with Crippen LogP contribution in [0.25, 0.3) is 0 Å². The number of amides is 2. The highest BCUT2D eigenvalue weighted by Gasteiger charge is 2.27. The number of urea groups is 1. The number of halogens is 2. The van der Waals surface area contributed by atoms with Crippen molar-refractivity contribution in [1.82, 2.24) is 15.1 Å². The summed E-state index contributed by atoms with van der Waals surface area (Å²) in [4.78, 5) is 16.9. The van der Waals surface area contributed by atoms with Gasteiger partial charge in [0.25, 0.3) is 0 Å². The number of rotatable bonds is 7. The molecular formula is C20H34Cl2N4O2. The monoisotopic (exact) mass is 432 g/mol. The molecule has 28 heavy (non-hydrogen) atoms. The maximum atomic E-state index is 12.5. The van der Waals surface area contributed by atoms with Gasteiger partial charge < -0.3 is 20.3 Å². The van der Waals surface area contributed by atoms with E-state index < -0.39 is 0 Å². The fourth-order valence-electron chi connectivity index (χ4n) is 3.62. The lowest BCUT2D eigenvalue weighted by molar-refractivity contribution is 0.119. The number of carbonyl (C=O) groups excluding carboxylic acids is 1. The molecule has 2 saturated heterocycles. The zero-order chi connectivity index (χ0) is 18.2. The van der Waals surface area contributed by atoms with Crippen LogP contribution < -0.4 is 15.4 Å². The van der Waals surface area contributed by atoms with Gasteiger partial charge in [0, 0.05) is 44.5 Å². The van der Waals surface area contributed by atoms with Crippen molar-refractivity contribution in [3.05, 3.63) is 24.3 Å². The highest BCUT2D eigenvalue weighted by atomic mass is 35.5. The van der Waals surface area contributed by atoms with E-state index in [2.05, 4.69) is 22.5 Å². The van der Waals surface area contributed by atoms with E-state index in [-0.39, 0.29) is 30.8 Å². The molecule has 0 bridgehead atoms. The first kappa shape index (κ1) is 24.8. The van der Waals surface area contributed by atoms with Crippen molar-refractivity contribution >= 4 is 36.5 Å². The number of piperazine rings is 1. The second-order valence-electron chi connectivity index (χ2n) is 7.18. The number of unbranched alkanes of at least 4 members (excludes halogenated alkanes) is 2. The van der Waals surface area contributed by atoms with Crippen LogP contribution in [0.5, 0.6) is 5.75 Å². The average molecular weight is 433 g/mol. The molecule has 0 aliphatic carbocycles. The first-order valence-corrected chi connectivity index (χ1v) is 10.00. The fraction of sp³-hybridized carbons (Fsp3) is 0.650. The minimum atomic E-state index is -0.00851. The zero-order valence-electron chi connectivity index (χ0n) is 16.7. The SMILES string of the molecule is CCCCCOc1ccc(NC(=O)N2CCN(C3CCNC3)CC2)cc1.Cl.Cl. The summed E-state index contributed by atoms with van der Waals surface area (Å²) in [6, 6.07) is 8.30. The van der Waals surface area contributed by atoms with Crippen molar-refractivity contribution < 1.29 is 9.53 Å². The Labute approximate surface area is 181 Å². The molecule has 2 amide bonds. The van der Waals surface area contributed by atoms with Gasteiger partial charge in [0.1, 0.15) is 5.75 Å². The molecule has 0 radical (unpaired) electrons. The van der Waals surface area contributed by atoms with Crippen molar-refractivity contribution in [3.8, 4) is 5.75 Å². The predicted molar refractivity (Wildman–Crippen MR) is 119 cm³/mol. The van der Waals surface area contributed by atoms with E-state index in [9.17, 15) is 4.79 Å². The van der Waals surface area contributed by atoms with Gasteiger partial charge in [-0.05, 0) is 43.7 Å². The molecule has 2 fully saturated rings. The van der Waals surface area contributed by atoms with E-state index in [4.69, 9.17) is 4.74 Å². The highest BCUT2D eigenvalue weighted by molar-refractivity contribution is 5.89. The van der Waals surface area contributed by atoms with Gasteiger partial charge in [-0.25, -0.2) is 4.79 Å². The average Bonchev–Trinajstić information content (AvgIpc) is 3.21. The molecule has 2 heterocycles. The summed E-state index contributed by atoms with van der Waals surface area (Å²) in [7, 11) is 0. The van der Waals surface area contributed by atoms with Crippen LogP contribution in [0.2, 0.25) is 0 Å². The molecule has 0 aromatic heterocycles. The number of benzene rings is 1. The Balaban J connectivity index is 0.00000196. The molecule has 0 saturated carbocycles. The zero-order valence-corrected chi connectivity index (χ0v) is 18.3. The van der Waals surface area contributed by atoms with Crippen LogP contribution in [0.1, 0.15) is 32.6 Å². The van der Waals surface area contributed by atoms with Crippen molar-refractivity contribution in [2.75, 3.05) is 51.2 Å². The summed E-state index contributed by atoms with van der Waals surface area (Å²) in [6.45, 7) is 8.64. The second-order valence-corrected chi connectivity index (χ2v) is 7.18. The molecule has 2 aliphatic heterocycles. The van der Waals surface area contributed by atoms with Crippen LogP contribution in [0, 0.1) is 0 Å². The number of ether oxygens (including phenoxy) is 1. The van der Waals surface area contributed by atoms with Crippen molar-refractivity contribution in [3.63, 3.8) is 0 Å². The molecular weight excluding hydrogens is 399 g/mol. The minimum absolute atomic E-state index is 0. The van der Waals surface area contributed by atoms with Gasteiger partial charge in [-0.1, -0.05) is 19.8 Å². The van der Waals surface area contributed by atoms with Gasteiger partial charge in [0.05, 0.1) is 6.61 Å². The summed E-state index contributed by atoms with van der Waals surface area (Å²) in [5, 5.41) is 6.42. The largest absolute Gasteiger partial charge is 0.494 e. The van der Waals surface area contributed by atoms with E-state index in [1.807, 2.05) is 29.2 Å². The van der Waals surface area contributed by atoms with E-state index in [1.54, 1.807) is 0 Å². The first-order valence-electron chi connectivity index (χ1n) is 10.00. The molecule has 2 N–H and O–H groups in total. The van der Waals surface area contributed by atoms with Crippen molar-refractivity contribution in [2.45, 2.75) is 38.6 Å². The number of nitrogens with zero attached hydrogens (tertiary/aromatic N) is 2. The topological polar surface area (TPSA) is 56.8 Å². The lowest BCUT2D eigenvalue weighted by Gasteiger charge is -2.37. The summed E-state index contributed by atoms with van der Waals surface area (Å²) >= 11 is 0. The highest BCUT2D eigenvalue weighted by Crippen LogP contribution is 2.17. The third-order valence-corrected chi connectivity index (χ3v) is 5.27. The summed E-state index contributed by atoms with van der Waals surface area (Å²) in [6.07, 6.45) is 4.69. The number of carbonyl (C=O) groups is 1. The van der Waals surface area contributed by atoms with Crippen LogP contribution in [0.3, 0.4) is 0 Å². The van der Waals surface area contributed by atoms with E-state index >= 15 is 0 Å². The quantitative estimate of drug-likeness (QED) is 0.646. The molecule has 1 unspecified atom stereocenters. The van der Waals surface area contributed by atoms with Gasteiger partial charge in [-0.2, -0.15) is 0 Å². The predicted octanol–water partition coefficient (Wildman–Crippen LogP) is 3.61. The molecule has 1 aromatic carbocycles.